The fourth-order valence-corrected chi connectivity index (χ4v) is 3.95. The molecule has 0 aromatic carbocycles. The number of amides is 1. The summed E-state index contributed by atoms with van der Waals surface area (Å²) in [6, 6.07) is 0. The molecule has 0 aromatic rings. The molecule has 0 saturated carbocycles. The summed E-state index contributed by atoms with van der Waals surface area (Å²) in [7, 11) is 3.27. The number of nitrogens with zero attached hydrogens (tertiary/aromatic N) is 2. The highest BCUT2D eigenvalue weighted by atomic mass is 16.6. The molecule has 2 aliphatic rings. The molecule has 0 radical (unpaired) electrons. The maximum Gasteiger partial charge on any atom is 0.212 e. The smallest absolute Gasteiger partial charge is 0.212 e. The number of ether oxygens (including phenoxy) is 1. The first kappa shape index (κ1) is 57.0. The number of nitrogens with one attached hydrogen (secondary N) is 2. The van der Waals surface area contributed by atoms with Crippen LogP contribution in [0.5, 0.6) is 0 Å². The van der Waals surface area contributed by atoms with Crippen LogP contribution in [0.2, 0.25) is 0 Å². The predicted octanol–water partition coefficient (Wildman–Crippen LogP) is 12.1. The second-order valence-electron chi connectivity index (χ2n) is 11.8. The molecule has 0 aromatic heterocycles. The monoisotopic (exact) mass is 763 g/mol. The van der Waals surface area contributed by atoms with Gasteiger partial charge in [-0.2, -0.15) is 0 Å². The number of aldehydes is 1. The second-order valence-corrected chi connectivity index (χ2v) is 11.8. The molecule has 2 aliphatic carbocycles. The van der Waals surface area contributed by atoms with E-state index in [2.05, 4.69) is 84.5 Å². The highest BCUT2D eigenvalue weighted by Crippen LogP contribution is 2.17. The third kappa shape index (κ3) is 38.8. The Morgan fingerprint density at radius 3 is 2.20 bits per heavy atom. The van der Waals surface area contributed by atoms with E-state index < -0.39 is 0 Å². The fraction of sp³-hybridized carbons (Fsp3) is 0.489. The van der Waals surface area contributed by atoms with Gasteiger partial charge in [-0.15, -0.1) is 0 Å². The van der Waals surface area contributed by atoms with Crippen LogP contribution in [0.1, 0.15) is 122 Å². The summed E-state index contributed by atoms with van der Waals surface area (Å²) in [6.45, 7) is 26.3. The molecule has 0 bridgehead atoms. The lowest BCUT2D eigenvalue weighted by atomic mass is 10.1. The van der Waals surface area contributed by atoms with Crippen LogP contribution in [-0.2, 0) is 19.2 Å². The van der Waals surface area contributed by atoms with E-state index in [0.29, 0.717) is 18.9 Å². The standard InChI is InChI=1S/C14H22N2.C14H18O2.C11H16N2O2.C4H10.2C2H6/c1-4-6-14(15-3)16-11-13-8-5-7-12(2)9-10-13;1-3-6-13(11-15)12-7-5-8-14(10-9-12)16-4-2;1-3-4-5-6-7-8-9-11(12-10-14)13-15-2;1-4(2)3;2*1-2/h7-10H,4-6,11H2,1-3H3,(H,15,16);5-7,9-11H,3-4,8H2,1-2H3;3-4,6-10H,5H2,1-2H3,(H,12,13,14);4H,1-3H3;2*1-2H3/b;13-6-;4-3-,7-6-,9-8+;;;. The van der Waals surface area contributed by atoms with Crippen molar-refractivity contribution < 1.29 is 19.2 Å². The topological polar surface area (TPSA) is 101 Å². The van der Waals surface area contributed by atoms with Gasteiger partial charge in [0.15, 0.2) is 5.84 Å². The minimum Gasteiger partial charge on any atom is -0.498 e. The first-order chi connectivity index (χ1) is 26.6. The minimum absolute atomic E-state index is 0.364. The van der Waals surface area contributed by atoms with Gasteiger partial charge >= 0.3 is 0 Å². The van der Waals surface area contributed by atoms with E-state index in [0.717, 1.165) is 80.0 Å². The van der Waals surface area contributed by atoms with Crippen LogP contribution >= 0.6 is 0 Å². The van der Waals surface area contributed by atoms with Crippen molar-refractivity contribution in [3.63, 3.8) is 0 Å². The number of rotatable bonds is 15. The fourth-order valence-electron chi connectivity index (χ4n) is 3.95. The first-order valence-electron chi connectivity index (χ1n) is 20.0. The summed E-state index contributed by atoms with van der Waals surface area (Å²) in [4.78, 5) is 29.8. The average Bonchev–Trinajstić information content (AvgIpc) is 3.55. The van der Waals surface area contributed by atoms with Crippen molar-refractivity contribution >= 4 is 24.4 Å². The zero-order chi connectivity index (χ0) is 42.5. The number of hydrogen-bond donors (Lipinski definition) is 2. The van der Waals surface area contributed by atoms with Crippen LogP contribution in [0, 0.1) is 5.92 Å². The molecule has 310 valence electrons. The molecule has 0 aliphatic heterocycles. The van der Waals surface area contributed by atoms with Crippen molar-refractivity contribution in [2.24, 2.45) is 16.1 Å². The molecule has 1 amide bonds. The molecule has 8 nitrogen and oxygen atoms in total. The van der Waals surface area contributed by atoms with Gasteiger partial charge in [-0.05, 0) is 75.7 Å². The number of hydrogen-bond acceptors (Lipinski definition) is 6. The summed E-state index contributed by atoms with van der Waals surface area (Å²) in [5, 5.41) is 9.37. The zero-order valence-electron chi connectivity index (χ0n) is 37.1. The van der Waals surface area contributed by atoms with E-state index in [9.17, 15) is 9.59 Å². The van der Waals surface area contributed by atoms with Crippen LogP contribution in [-0.4, -0.2) is 51.7 Å². The van der Waals surface area contributed by atoms with Crippen LogP contribution in [0.15, 0.2) is 129 Å². The Hall–Kier alpha value is -4.72. The molecular weight excluding hydrogens is 685 g/mol. The quantitative estimate of drug-likeness (QED) is 0.0329. The zero-order valence-corrected chi connectivity index (χ0v) is 37.1. The van der Waals surface area contributed by atoms with Crippen molar-refractivity contribution in [2.75, 3.05) is 27.3 Å². The predicted molar refractivity (Wildman–Crippen MR) is 242 cm³/mol. The van der Waals surface area contributed by atoms with Gasteiger partial charge < -0.3 is 20.2 Å². The second kappa shape index (κ2) is 45.4. The highest BCUT2D eigenvalue weighted by Gasteiger charge is 2.04. The molecule has 8 heteroatoms. The van der Waals surface area contributed by atoms with Crippen LogP contribution in [0.25, 0.3) is 0 Å². The number of carbonyl (C=O) groups is 2. The summed E-state index contributed by atoms with van der Waals surface area (Å²) < 4.78 is 5.44. The first-order valence-corrected chi connectivity index (χ1v) is 20.0. The van der Waals surface area contributed by atoms with E-state index in [1.165, 1.54) is 18.3 Å². The Balaban J connectivity index is -0.000000323. The Labute approximate surface area is 337 Å². The minimum atomic E-state index is 0.364. The van der Waals surface area contributed by atoms with E-state index in [1.807, 2.05) is 110 Å². The van der Waals surface area contributed by atoms with Crippen molar-refractivity contribution in [3.05, 3.63) is 119 Å². The van der Waals surface area contributed by atoms with E-state index in [-0.39, 0.29) is 0 Å². The summed E-state index contributed by atoms with van der Waals surface area (Å²) in [5.74, 6) is 3.24. The van der Waals surface area contributed by atoms with E-state index in [4.69, 9.17) is 4.74 Å². The van der Waals surface area contributed by atoms with Gasteiger partial charge in [0.2, 0.25) is 6.41 Å². The van der Waals surface area contributed by atoms with E-state index >= 15 is 0 Å². The number of amidine groups is 2. The Bertz CT molecular complexity index is 1330. The van der Waals surface area contributed by atoms with Gasteiger partial charge in [-0.3, -0.25) is 14.6 Å². The lowest BCUT2D eigenvalue weighted by Crippen LogP contribution is -2.25. The number of aliphatic imine (C=N–C) groups is 1. The Morgan fingerprint density at radius 1 is 0.964 bits per heavy atom. The largest absolute Gasteiger partial charge is 0.498 e. The van der Waals surface area contributed by atoms with Crippen molar-refractivity contribution in [1.29, 1.82) is 0 Å². The van der Waals surface area contributed by atoms with E-state index in [1.54, 1.807) is 12.2 Å². The van der Waals surface area contributed by atoms with Gasteiger partial charge in [0, 0.05) is 32.0 Å². The summed E-state index contributed by atoms with van der Waals surface area (Å²) >= 11 is 0. The molecular formula is C47H78N4O4. The van der Waals surface area contributed by atoms with Crippen molar-refractivity contribution in [3.8, 4) is 0 Å². The lowest BCUT2D eigenvalue weighted by molar-refractivity contribution is -0.108. The third-order valence-corrected chi connectivity index (χ3v) is 6.32. The van der Waals surface area contributed by atoms with Gasteiger partial charge in [-0.1, -0.05) is 152 Å². The average molecular weight is 763 g/mol. The van der Waals surface area contributed by atoms with Gasteiger partial charge in [0.25, 0.3) is 0 Å². The number of oxime groups is 1. The maximum atomic E-state index is 10.9. The van der Waals surface area contributed by atoms with Gasteiger partial charge in [-0.25, -0.2) is 0 Å². The van der Waals surface area contributed by atoms with Gasteiger partial charge in [0.05, 0.1) is 18.2 Å². The Kier molecular flexibility index (Phi) is 47.1. The van der Waals surface area contributed by atoms with Gasteiger partial charge in [0.1, 0.15) is 13.4 Å². The molecule has 0 fully saturated rings. The van der Waals surface area contributed by atoms with Crippen LogP contribution in [0.3, 0.4) is 0 Å². The summed E-state index contributed by atoms with van der Waals surface area (Å²) in [6.07, 6.45) is 37.1. The molecule has 0 heterocycles. The lowest BCUT2D eigenvalue weighted by Gasteiger charge is -2.08. The number of carbonyl (C=O) groups excluding carboxylic acids is 2. The third-order valence-electron chi connectivity index (χ3n) is 6.32. The summed E-state index contributed by atoms with van der Waals surface area (Å²) in [5.41, 5.74) is 4.37. The number of allylic oxidation sites excluding steroid dienone is 16. The molecule has 0 unspecified atom stereocenters. The molecule has 55 heavy (non-hydrogen) atoms. The molecule has 0 spiro atoms. The van der Waals surface area contributed by atoms with Crippen LogP contribution in [0.4, 0.5) is 0 Å². The molecule has 0 saturated heterocycles. The normalized spacial score (nSPS) is 13.9. The Morgan fingerprint density at radius 2 is 1.65 bits per heavy atom. The van der Waals surface area contributed by atoms with Crippen molar-refractivity contribution in [2.45, 2.75) is 122 Å². The highest BCUT2D eigenvalue weighted by molar-refractivity contribution is 5.98. The molecule has 2 rings (SSSR count). The molecule has 0 atom stereocenters. The SMILES string of the molecule is C/C=C\C\C=C/C=C/C(=N/OC)NC=O.CC.CC.CC(C)C.CC/C=C(/C=O)C1=CC=C(OCC)CC=C1.CCCC(=NC)NCC1=CCC=C(C)C=C1. The van der Waals surface area contributed by atoms with Crippen molar-refractivity contribution in [1.82, 2.24) is 10.6 Å². The maximum absolute atomic E-state index is 10.9. The van der Waals surface area contributed by atoms with Crippen LogP contribution < -0.4 is 10.6 Å². The molecule has 2 N–H and O–H groups in total.